The molecule has 1 amide bonds. The number of hydrogen-bond acceptors (Lipinski definition) is 2. The molecule has 2 atom stereocenters. The number of amides is 1. The fraction of sp³-hybridized carbons (Fsp3) is 0.667. The average molecular weight is 417 g/mol. The number of nitrogens with zero attached hydrogens (tertiary/aromatic N) is 1. The second-order valence-corrected chi connectivity index (χ2v) is 8.48. The van der Waals surface area contributed by atoms with E-state index in [9.17, 15) is 18.0 Å². The summed E-state index contributed by atoms with van der Waals surface area (Å²) in [5, 5.41) is 2.57. The van der Waals surface area contributed by atoms with Crippen LogP contribution < -0.4 is 5.32 Å². The van der Waals surface area contributed by atoms with Crippen molar-refractivity contribution in [3.05, 3.63) is 34.3 Å². The van der Waals surface area contributed by atoms with Crippen LogP contribution in [-0.2, 0) is 6.18 Å². The van der Waals surface area contributed by atoms with E-state index in [2.05, 4.69) is 17.3 Å². The van der Waals surface area contributed by atoms with Crippen LogP contribution in [0.1, 0.15) is 67.3 Å². The highest BCUT2D eigenvalue weighted by Crippen LogP contribution is 2.37. The van der Waals surface area contributed by atoms with Crippen molar-refractivity contribution in [3.8, 4) is 0 Å². The van der Waals surface area contributed by atoms with Crippen LogP contribution in [0.15, 0.2) is 18.2 Å². The van der Waals surface area contributed by atoms with Gasteiger partial charge in [-0.25, -0.2) is 0 Å². The van der Waals surface area contributed by atoms with E-state index in [-0.39, 0.29) is 17.6 Å². The standard InChI is InChI=1S/C21H28ClF3N2O/c1-27-13-6-5-12-17(27)19(14-8-3-2-4-9-14)26-20(28)15-10-7-11-16(18(15)22)21(23,24)25/h7,10-11,14,17,19H,2-6,8-9,12-13H2,1H3,(H,26,28). The average Bonchev–Trinajstić information content (AvgIpc) is 2.66. The SMILES string of the molecule is CN1CCCCC1C(NC(=O)c1cccc(C(F)(F)F)c1Cl)C1CCCCC1. The number of hydrogen-bond donors (Lipinski definition) is 1. The van der Waals surface area contributed by atoms with Gasteiger partial charge in [0.15, 0.2) is 0 Å². The predicted octanol–water partition coefficient (Wildman–Crippen LogP) is 5.52. The molecule has 2 fully saturated rings. The molecule has 1 aliphatic carbocycles. The maximum atomic E-state index is 13.2. The van der Waals surface area contributed by atoms with Crippen LogP contribution in [0.3, 0.4) is 0 Å². The Kier molecular flexibility index (Phi) is 6.92. The minimum Gasteiger partial charge on any atom is -0.347 e. The number of alkyl halides is 3. The van der Waals surface area contributed by atoms with Crippen molar-refractivity contribution in [2.45, 2.75) is 69.6 Å². The topological polar surface area (TPSA) is 32.3 Å². The maximum absolute atomic E-state index is 13.2. The molecule has 1 aromatic carbocycles. The lowest BCUT2D eigenvalue weighted by molar-refractivity contribution is -0.137. The molecule has 0 spiro atoms. The summed E-state index contributed by atoms with van der Waals surface area (Å²) in [5.41, 5.74) is -1.07. The van der Waals surface area contributed by atoms with Crippen LogP contribution in [0.25, 0.3) is 0 Å². The number of nitrogens with one attached hydrogen (secondary N) is 1. The summed E-state index contributed by atoms with van der Waals surface area (Å²) in [7, 11) is 2.07. The summed E-state index contributed by atoms with van der Waals surface area (Å²) in [6.45, 7) is 0.980. The van der Waals surface area contributed by atoms with E-state index in [0.29, 0.717) is 5.92 Å². The number of halogens is 4. The van der Waals surface area contributed by atoms with E-state index in [1.807, 2.05) is 0 Å². The molecular formula is C21H28ClF3N2O. The van der Waals surface area contributed by atoms with Crippen LogP contribution in [0.4, 0.5) is 13.2 Å². The van der Waals surface area contributed by atoms with Crippen LogP contribution in [0, 0.1) is 5.92 Å². The monoisotopic (exact) mass is 416 g/mol. The van der Waals surface area contributed by atoms with Gasteiger partial charge in [0.1, 0.15) is 0 Å². The number of benzene rings is 1. The lowest BCUT2D eigenvalue weighted by atomic mass is 9.78. The Hall–Kier alpha value is -1.27. The largest absolute Gasteiger partial charge is 0.417 e. The Morgan fingerprint density at radius 1 is 1.14 bits per heavy atom. The highest BCUT2D eigenvalue weighted by Gasteiger charge is 2.37. The first kappa shape index (κ1) is 21.4. The molecule has 1 saturated carbocycles. The third-order valence-electron chi connectivity index (χ3n) is 6.25. The molecule has 1 saturated heterocycles. The highest BCUT2D eigenvalue weighted by molar-refractivity contribution is 6.34. The smallest absolute Gasteiger partial charge is 0.347 e. The van der Waals surface area contributed by atoms with Gasteiger partial charge in [-0.15, -0.1) is 0 Å². The zero-order valence-electron chi connectivity index (χ0n) is 16.2. The number of likely N-dealkylation sites (tertiary alicyclic amines) is 1. The lowest BCUT2D eigenvalue weighted by Gasteiger charge is -2.43. The van der Waals surface area contributed by atoms with Crippen molar-refractivity contribution in [2.75, 3.05) is 13.6 Å². The summed E-state index contributed by atoms with van der Waals surface area (Å²) in [6.07, 6.45) is 4.23. The lowest BCUT2D eigenvalue weighted by Crippen LogP contribution is -2.56. The molecule has 1 N–H and O–H groups in total. The quantitative estimate of drug-likeness (QED) is 0.700. The molecule has 1 heterocycles. The van der Waals surface area contributed by atoms with E-state index in [1.54, 1.807) is 0 Å². The molecular weight excluding hydrogens is 389 g/mol. The first-order valence-corrected chi connectivity index (χ1v) is 10.5. The molecule has 0 radical (unpaired) electrons. The van der Waals surface area contributed by atoms with Crippen LogP contribution in [0.2, 0.25) is 5.02 Å². The first-order valence-electron chi connectivity index (χ1n) is 10.2. The molecule has 3 nitrogen and oxygen atoms in total. The van der Waals surface area contributed by atoms with Crippen molar-refractivity contribution in [1.82, 2.24) is 10.2 Å². The number of rotatable bonds is 4. The number of piperidine rings is 1. The van der Waals surface area contributed by atoms with Gasteiger partial charge >= 0.3 is 6.18 Å². The number of likely N-dealkylation sites (N-methyl/N-ethyl adjacent to an activating group) is 1. The molecule has 7 heteroatoms. The molecule has 28 heavy (non-hydrogen) atoms. The van der Waals surface area contributed by atoms with Crippen molar-refractivity contribution < 1.29 is 18.0 Å². The Labute approximate surface area is 169 Å². The van der Waals surface area contributed by atoms with E-state index in [4.69, 9.17) is 11.6 Å². The molecule has 156 valence electrons. The third-order valence-corrected chi connectivity index (χ3v) is 6.65. The zero-order valence-corrected chi connectivity index (χ0v) is 17.0. The minimum atomic E-state index is -4.58. The van der Waals surface area contributed by atoms with Gasteiger partial charge in [-0.05, 0) is 57.3 Å². The Balaban J connectivity index is 1.85. The fourth-order valence-corrected chi connectivity index (χ4v) is 5.05. The first-order chi connectivity index (χ1) is 13.3. The fourth-order valence-electron chi connectivity index (χ4n) is 4.73. The number of carbonyl (C=O) groups excluding carboxylic acids is 1. The minimum absolute atomic E-state index is 0.0660. The van der Waals surface area contributed by atoms with Crippen LogP contribution >= 0.6 is 11.6 Å². The van der Waals surface area contributed by atoms with Gasteiger partial charge in [0.25, 0.3) is 5.91 Å². The van der Waals surface area contributed by atoms with E-state index in [0.717, 1.165) is 57.6 Å². The Morgan fingerprint density at radius 2 is 1.82 bits per heavy atom. The van der Waals surface area contributed by atoms with Gasteiger partial charge in [-0.2, -0.15) is 13.2 Å². The summed E-state index contributed by atoms with van der Waals surface area (Å²) < 4.78 is 39.5. The molecule has 3 rings (SSSR count). The van der Waals surface area contributed by atoms with Gasteiger partial charge in [-0.1, -0.05) is 43.4 Å². The summed E-state index contributed by atoms with van der Waals surface area (Å²) in [4.78, 5) is 15.3. The highest BCUT2D eigenvalue weighted by atomic mass is 35.5. The Bertz CT molecular complexity index is 689. The normalized spacial score (nSPS) is 23.4. The maximum Gasteiger partial charge on any atom is 0.417 e. The molecule has 0 aromatic heterocycles. The zero-order chi connectivity index (χ0) is 20.3. The van der Waals surface area contributed by atoms with Gasteiger partial charge in [0, 0.05) is 12.1 Å². The molecule has 0 bridgehead atoms. The third kappa shape index (κ3) is 4.82. The van der Waals surface area contributed by atoms with Gasteiger partial charge in [0.2, 0.25) is 0 Å². The Morgan fingerprint density at radius 3 is 2.46 bits per heavy atom. The predicted molar refractivity (Wildman–Crippen MR) is 105 cm³/mol. The summed E-state index contributed by atoms with van der Waals surface area (Å²) >= 11 is 5.98. The van der Waals surface area contributed by atoms with Crippen molar-refractivity contribution in [3.63, 3.8) is 0 Å². The number of carbonyl (C=O) groups is 1. The summed E-state index contributed by atoms with van der Waals surface area (Å²) in [5.74, 6) is -0.154. The summed E-state index contributed by atoms with van der Waals surface area (Å²) in [6, 6.07) is 3.67. The van der Waals surface area contributed by atoms with E-state index >= 15 is 0 Å². The van der Waals surface area contributed by atoms with Crippen LogP contribution in [0.5, 0.6) is 0 Å². The van der Waals surface area contributed by atoms with Crippen molar-refractivity contribution in [2.24, 2.45) is 5.92 Å². The van der Waals surface area contributed by atoms with Crippen molar-refractivity contribution >= 4 is 17.5 Å². The molecule has 1 aromatic rings. The van der Waals surface area contributed by atoms with Gasteiger partial charge in [-0.3, -0.25) is 4.79 Å². The molecule has 2 aliphatic rings. The molecule has 1 aliphatic heterocycles. The second-order valence-electron chi connectivity index (χ2n) is 8.11. The van der Waals surface area contributed by atoms with Crippen molar-refractivity contribution in [1.29, 1.82) is 0 Å². The van der Waals surface area contributed by atoms with Gasteiger partial charge in [0.05, 0.1) is 16.1 Å². The van der Waals surface area contributed by atoms with Crippen LogP contribution in [-0.4, -0.2) is 36.5 Å². The van der Waals surface area contributed by atoms with E-state index < -0.39 is 22.7 Å². The van der Waals surface area contributed by atoms with Gasteiger partial charge < -0.3 is 10.2 Å². The second kappa shape index (κ2) is 9.04. The van der Waals surface area contributed by atoms with E-state index in [1.165, 1.54) is 18.6 Å². The molecule has 2 unspecified atom stereocenters.